The minimum atomic E-state index is -3.87. The normalized spacial score (nSPS) is 11.1. The molecule has 0 saturated heterocycles. The number of rotatable bonds is 4. The second-order valence-corrected chi connectivity index (χ2v) is 6.30. The number of sulfonamides is 1. The lowest BCUT2D eigenvalue weighted by Crippen LogP contribution is -2.15. The number of hydrogen-bond acceptors (Lipinski definition) is 4. The third-order valence-corrected chi connectivity index (χ3v) is 4.50. The van der Waals surface area contributed by atoms with Crippen LogP contribution in [0.15, 0.2) is 47.4 Å². The molecule has 0 bridgehead atoms. The summed E-state index contributed by atoms with van der Waals surface area (Å²) in [5.41, 5.74) is 0.932. The Morgan fingerprint density at radius 2 is 1.76 bits per heavy atom. The summed E-state index contributed by atoms with van der Waals surface area (Å²) in [6, 6.07) is 10.8. The maximum Gasteiger partial charge on any atom is 0.293 e. The van der Waals surface area contributed by atoms with Crippen molar-refractivity contribution >= 4 is 21.4 Å². The van der Waals surface area contributed by atoms with Crippen LogP contribution < -0.4 is 4.72 Å². The number of benzene rings is 2. The fourth-order valence-electron chi connectivity index (χ4n) is 1.94. The number of nitro groups is 1. The van der Waals surface area contributed by atoms with Gasteiger partial charge in [0.1, 0.15) is 5.69 Å². The Hall–Kier alpha value is -2.41. The van der Waals surface area contributed by atoms with Crippen LogP contribution in [0.3, 0.4) is 0 Å². The molecule has 110 valence electrons. The van der Waals surface area contributed by atoms with Gasteiger partial charge in [0, 0.05) is 6.07 Å². The summed E-state index contributed by atoms with van der Waals surface area (Å²) in [6.45, 7) is 3.37. The number of nitrogens with zero attached hydrogens (tertiary/aromatic N) is 1. The molecular formula is C14H14N2O4S. The standard InChI is InChI=1S/C14H14N2O4S/c1-10-7-8-12(13(9-10)16(17)18)15-21(19,20)14-6-4-3-5-11(14)2/h3-9,15H,1-2H3. The first-order chi connectivity index (χ1) is 9.81. The van der Waals surface area contributed by atoms with Crippen molar-refractivity contribution in [3.8, 4) is 0 Å². The summed E-state index contributed by atoms with van der Waals surface area (Å²) in [4.78, 5) is 10.5. The quantitative estimate of drug-likeness (QED) is 0.694. The average Bonchev–Trinajstić information content (AvgIpc) is 2.40. The molecule has 0 heterocycles. The smallest absolute Gasteiger partial charge is 0.273 e. The Labute approximate surface area is 122 Å². The van der Waals surface area contributed by atoms with Crippen LogP contribution in [0.2, 0.25) is 0 Å². The number of nitrogens with one attached hydrogen (secondary N) is 1. The highest BCUT2D eigenvalue weighted by Gasteiger charge is 2.21. The van der Waals surface area contributed by atoms with Gasteiger partial charge in [0.2, 0.25) is 0 Å². The van der Waals surface area contributed by atoms with Gasteiger partial charge in [-0.3, -0.25) is 14.8 Å². The molecule has 2 rings (SSSR count). The van der Waals surface area contributed by atoms with E-state index >= 15 is 0 Å². The molecule has 0 spiro atoms. The Morgan fingerprint density at radius 3 is 2.38 bits per heavy atom. The molecule has 6 nitrogen and oxygen atoms in total. The summed E-state index contributed by atoms with van der Waals surface area (Å²) in [5, 5.41) is 11.0. The monoisotopic (exact) mass is 306 g/mol. The molecular weight excluding hydrogens is 292 g/mol. The molecule has 0 fully saturated rings. The zero-order valence-corrected chi connectivity index (χ0v) is 12.3. The Balaban J connectivity index is 2.47. The minimum absolute atomic E-state index is 0.0474. The van der Waals surface area contributed by atoms with Gasteiger partial charge < -0.3 is 0 Å². The van der Waals surface area contributed by atoms with E-state index in [4.69, 9.17) is 0 Å². The number of hydrogen-bond donors (Lipinski definition) is 1. The largest absolute Gasteiger partial charge is 0.293 e. The summed E-state index contributed by atoms with van der Waals surface area (Å²) in [7, 11) is -3.87. The second-order valence-electron chi connectivity index (χ2n) is 4.65. The van der Waals surface area contributed by atoms with Crippen LogP contribution in [0, 0.1) is 24.0 Å². The summed E-state index contributed by atoms with van der Waals surface area (Å²) in [6.07, 6.45) is 0. The molecule has 0 unspecified atom stereocenters. The van der Waals surface area contributed by atoms with Crippen LogP contribution in [0.1, 0.15) is 11.1 Å². The summed E-state index contributed by atoms with van der Waals surface area (Å²) < 4.78 is 27.0. The SMILES string of the molecule is Cc1ccc(NS(=O)(=O)c2ccccc2C)c([N+](=O)[O-])c1. The molecule has 2 aromatic rings. The summed E-state index contributed by atoms with van der Waals surface area (Å²) in [5.74, 6) is 0. The van der Waals surface area contributed by atoms with Gasteiger partial charge in [0.15, 0.2) is 0 Å². The lowest BCUT2D eigenvalue weighted by Gasteiger charge is -2.10. The molecule has 0 aliphatic heterocycles. The molecule has 0 aromatic heterocycles. The highest BCUT2D eigenvalue weighted by molar-refractivity contribution is 7.92. The number of nitro benzene ring substituents is 1. The zero-order valence-electron chi connectivity index (χ0n) is 11.5. The van der Waals surface area contributed by atoms with Gasteiger partial charge in [-0.05, 0) is 37.1 Å². The van der Waals surface area contributed by atoms with E-state index in [0.29, 0.717) is 11.1 Å². The van der Waals surface area contributed by atoms with Crippen LogP contribution in [-0.2, 0) is 10.0 Å². The van der Waals surface area contributed by atoms with Gasteiger partial charge in [0.05, 0.1) is 9.82 Å². The predicted molar refractivity (Wildman–Crippen MR) is 79.8 cm³/mol. The first-order valence-electron chi connectivity index (χ1n) is 6.15. The van der Waals surface area contributed by atoms with Gasteiger partial charge in [-0.1, -0.05) is 24.3 Å². The molecule has 0 aliphatic rings. The maximum absolute atomic E-state index is 12.3. The topological polar surface area (TPSA) is 89.3 Å². The third-order valence-electron chi connectivity index (χ3n) is 2.98. The summed E-state index contributed by atoms with van der Waals surface area (Å²) >= 11 is 0. The molecule has 1 N–H and O–H groups in total. The third kappa shape index (κ3) is 3.19. The average molecular weight is 306 g/mol. The van der Waals surface area contributed by atoms with Crippen molar-refractivity contribution in [2.75, 3.05) is 4.72 Å². The van der Waals surface area contributed by atoms with E-state index in [1.807, 2.05) is 0 Å². The van der Waals surface area contributed by atoms with E-state index < -0.39 is 14.9 Å². The highest BCUT2D eigenvalue weighted by Crippen LogP contribution is 2.28. The van der Waals surface area contributed by atoms with Gasteiger partial charge in [0.25, 0.3) is 15.7 Å². The first kappa shape index (κ1) is 15.0. The lowest BCUT2D eigenvalue weighted by atomic mass is 10.2. The Kier molecular flexibility index (Phi) is 3.95. The minimum Gasteiger partial charge on any atom is -0.273 e. The molecule has 7 heteroatoms. The van der Waals surface area contributed by atoms with Crippen molar-refractivity contribution in [2.45, 2.75) is 18.7 Å². The van der Waals surface area contributed by atoms with Crippen LogP contribution in [0.4, 0.5) is 11.4 Å². The van der Waals surface area contributed by atoms with Crippen molar-refractivity contribution in [1.29, 1.82) is 0 Å². The van der Waals surface area contributed by atoms with Crippen molar-refractivity contribution in [3.63, 3.8) is 0 Å². The van der Waals surface area contributed by atoms with Crippen molar-refractivity contribution < 1.29 is 13.3 Å². The van der Waals surface area contributed by atoms with Crippen molar-refractivity contribution in [2.24, 2.45) is 0 Å². The molecule has 2 aromatic carbocycles. The second kappa shape index (κ2) is 5.53. The van der Waals surface area contributed by atoms with E-state index in [9.17, 15) is 18.5 Å². The zero-order chi connectivity index (χ0) is 15.6. The van der Waals surface area contributed by atoms with Gasteiger partial charge in [-0.25, -0.2) is 8.42 Å². The van der Waals surface area contributed by atoms with E-state index in [-0.39, 0.29) is 16.3 Å². The van der Waals surface area contributed by atoms with Crippen LogP contribution >= 0.6 is 0 Å². The van der Waals surface area contributed by atoms with E-state index in [0.717, 1.165) is 0 Å². The molecule has 21 heavy (non-hydrogen) atoms. The lowest BCUT2D eigenvalue weighted by molar-refractivity contribution is -0.383. The maximum atomic E-state index is 12.3. The van der Waals surface area contributed by atoms with Gasteiger partial charge >= 0.3 is 0 Å². The van der Waals surface area contributed by atoms with Crippen LogP contribution in [0.25, 0.3) is 0 Å². The van der Waals surface area contributed by atoms with Crippen LogP contribution in [-0.4, -0.2) is 13.3 Å². The number of aryl methyl sites for hydroxylation is 2. The molecule has 0 radical (unpaired) electrons. The van der Waals surface area contributed by atoms with E-state index in [2.05, 4.69) is 4.72 Å². The fraction of sp³-hybridized carbons (Fsp3) is 0.143. The van der Waals surface area contributed by atoms with Crippen molar-refractivity contribution in [1.82, 2.24) is 0 Å². The molecule has 0 saturated carbocycles. The van der Waals surface area contributed by atoms with Gasteiger partial charge in [-0.2, -0.15) is 0 Å². The van der Waals surface area contributed by atoms with Crippen LogP contribution in [0.5, 0.6) is 0 Å². The fourth-order valence-corrected chi connectivity index (χ4v) is 3.26. The van der Waals surface area contributed by atoms with Crippen molar-refractivity contribution in [3.05, 3.63) is 63.7 Å². The van der Waals surface area contributed by atoms with E-state index in [1.165, 1.54) is 18.2 Å². The highest BCUT2D eigenvalue weighted by atomic mass is 32.2. The Morgan fingerprint density at radius 1 is 1.10 bits per heavy atom. The molecule has 0 atom stereocenters. The molecule has 0 amide bonds. The first-order valence-corrected chi connectivity index (χ1v) is 7.63. The number of anilines is 1. The van der Waals surface area contributed by atoms with Gasteiger partial charge in [-0.15, -0.1) is 0 Å². The van der Waals surface area contributed by atoms with E-state index in [1.54, 1.807) is 38.1 Å². The molecule has 0 aliphatic carbocycles. The Bertz CT molecular complexity index is 800. The predicted octanol–water partition coefficient (Wildman–Crippen LogP) is 3.01.